The molecule has 1 N–H and O–H groups in total. The normalized spacial score (nSPS) is 15.1. The summed E-state index contributed by atoms with van der Waals surface area (Å²) in [5.41, 5.74) is 3.27. The third-order valence-electron chi connectivity index (χ3n) is 3.33. The minimum absolute atomic E-state index is 0.685. The van der Waals surface area contributed by atoms with Gasteiger partial charge in [0.15, 0.2) is 0 Å². The summed E-state index contributed by atoms with van der Waals surface area (Å²) < 4.78 is 5.37. The number of benzene rings is 1. The molecular formula is C15H18N4O. The van der Waals surface area contributed by atoms with E-state index < -0.39 is 0 Å². The maximum atomic E-state index is 5.37. The van der Waals surface area contributed by atoms with Gasteiger partial charge < -0.3 is 15.0 Å². The van der Waals surface area contributed by atoms with E-state index in [4.69, 9.17) is 4.74 Å². The lowest BCUT2D eigenvalue weighted by Gasteiger charge is -2.28. The first kappa shape index (κ1) is 12.9. The molecular weight excluding hydrogens is 252 g/mol. The number of hydrogen-bond acceptors (Lipinski definition) is 5. The molecule has 1 fully saturated rings. The van der Waals surface area contributed by atoms with Crippen LogP contribution >= 0.6 is 0 Å². The lowest BCUT2D eigenvalue weighted by Crippen LogP contribution is -2.36. The molecule has 0 radical (unpaired) electrons. The molecule has 1 aromatic heterocycles. The zero-order valence-electron chi connectivity index (χ0n) is 11.3. The third kappa shape index (κ3) is 3.24. The quantitative estimate of drug-likeness (QED) is 0.920. The van der Waals surface area contributed by atoms with Crippen LogP contribution in [0.5, 0.6) is 0 Å². The van der Waals surface area contributed by atoms with Gasteiger partial charge in [-0.25, -0.2) is 0 Å². The van der Waals surface area contributed by atoms with Crippen molar-refractivity contribution in [2.24, 2.45) is 0 Å². The fraction of sp³-hybridized carbons (Fsp3) is 0.333. The topological polar surface area (TPSA) is 50.3 Å². The van der Waals surface area contributed by atoms with E-state index in [1.54, 1.807) is 18.6 Å². The largest absolute Gasteiger partial charge is 0.379 e. The molecule has 104 valence electrons. The van der Waals surface area contributed by atoms with Crippen LogP contribution in [0, 0.1) is 0 Å². The Kier molecular flexibility index (Phi) is 4.08. The van der Waals surface area contributed by atoms with Gasteiger partial charge in [-0.3, -0.25) is 9.97 Å². The van der Waals surface area contributed by atoms with E-state index in [1.165, 1.54) is 5.69 Å². The number of hydrogen-bond donors (Lipinski definition) is 1. The molecule has 0 unspecified atom stereocenters. The summed E-state index contributed by atoms with van der Waals surface area (Å²) in [6.07, 6.45) is 5.16. The van der Waals surface area contributed by atoms with Gasteiger partial charge in [-0.05, 0) is 24.3 Å². The van der Waals surface area contributed by atoms with E-state index in [9.17, 15) is 0 Å². The molecule has 2 aromatic rings. The van der Waals surface area contributed by atoms with Crippen molar-refractivity contribution < 1.29 is 4.74 Å². The van der Waals surface area contributed by atoms with Gasteiger partial charge in [0, 0.05) is 36.9 Å². The molecule has 0 saturated carbocycles. The van der Waals surface area contributed by atoms with E-state index in [0.717, 1.165) is 37.7 Å². The Morgan fingerprint density at radius 1 is 1.10 bits per heavy atom. The van der Waals surface area contributed by atoms with Crippen LogP contribution in [0.15, 0.2) is 42.9 Å². The second-order valence-corrected chi connectivity index (χ2v) is 4.70. The summed E-state index contributed by atoms with van der Waals surface area (Å²) >= 11 is 0. The molecule has 0 spiro atoms. The highest BCUT2D eigenvalue weighted by atomic mass is 16.5. The van der Waals surface area contributed by atoms with Crippen LogP contribution in [-0.4, -0.2) is 36.3 Å². The van der Waals surface area contributed by atoms with Crippen LogP contribution in [0.2, 0.25) is 0 Å². The van der Waals surface area contributed by atoms with Crippen molar-refractivity contribution in [3.8, 4) is 0 Å². The number of nitrogens with zero attached hydrogens (tertiary/aromatic N) is 3. The number of aromatic nitrogens is 2. The maximum Gasteiger partial charge on any atom is 0.0777 e. The summed E-state index contributed by atoms with van der Waals surface area (Å²) in [6.45, 7) is 4.24. The van der Waals surface area contributed by atoms with Gasteiger partial charge in [0.1, 0.15) is 0 Å². The summed E-state index contributed by atoms with van der Waals surface area (Å²) in [6, 6.07) is 8.48. The molecule has 0 amide bonds. The first-order chi connectivity index (χ1) is 9.92. The predicted molar refractivity (Wildman–Crippen MR) is 78.8 cm³/mol. The van der Waals surface area contributed by atoms with Crippen molar-refractivity contribution in [2.45, 2.75) is 6.54 Å². The van der Waals surface area contributed by atoms with Crippen molar-refractivity contribution >= 4 is 11.4 Å². The van der Waals surface area contributed by atoms with E-state index in [-0.39, 0.29) is 0 Å². The monoisotopic (exact) mass is 270 g/mol. The summed E-state index contributed by atoms with van der Waals surface area (Å²) in [7, 11) is 0. The molecule has 5 nitrogen and oxygen atoms in total. The minimum Gasteiger partial charge on any atom is -0.379 e. The number of nitrogens with one attached hydrogen (secondary N) is 1. The second kappa shape index (κ2) is 6.34. The van der Waals surface area contributed by atoms with Crippen molar-refractivity contribution in [1.29, 1.82) is 0 Å². The Bertz CT molecular complexity index is 523. The highest BCUT2D eigenvalue weighted by molar-refractivity contribution is 5.55. The molecule has 1 aromatic carbocycles. The Balaban J connectivity index is 1.58. The molecule has 1 aliphatic rings. The fourth-order valence-electron chi connectivity index (χ4n) is 2.23. The third-order valence-corrected chi connectivity index (χ3v) is 3.33. The predicted octanol–water partition coefficient (Wildman–Crippen LogP) is 1.93. The average molecular weight is 270 g/mol. The lowest BCUT2D eigenvalue weighted by molar-refractivity contribution is 0.122. The zero-order chi connectivity index (χ0) is 13.6. The first-order valence-electron chi connectivity index (χ1n) is 6.83. The van der Waals surface area contributed by atoms with Gasteiger partial charge in [0.05, 0.1) is 31.6 Å². The van der Waals surface area contributed by atoms with E-state index in [1.807, 2.05) is 0 Å². The van der Waals surface area contributed by atoms with Gasteiger partial charge in [0.25, 0.3) is 0 Å². The van der Waals surface area contributed by atoms with E-state index >= 15 is 0 Å². The average Bonchev–Trinajstić information content (AvgIpc) is 2.55. The number of anilines is 2. The molecule has 20 heavy (non-hydrogen) atoms. The van der Waals surface area contributed by atoms with E-state index in [2.05, 4.69) is 44.5 Å². The first-order valence-corrected chi connectivity index (χ1v) is 6.83. The lowest BCUT2D eigenvalue weighted by atomic mass is 10.2. The molecule has 1 saturated heterocycles. The molecule has 2 heterocycles. The van der Waals surface area contributed by atoms with Crippen molar-refractivity contribution in [3.63, 3.8) is 0 Å². The molecule has 0 aliphatic carbocycles. The highest BCUT2D eigenvalue weighted by Gasteiger charge is 2.10. The smallest absolute Gasteiger partial charge is 0.0777 e. The van der Waals surface area contributed by atoms with Gasteiger partial charge in [0.2, 0.25) is 0 Å². The number of morpholine rings is 1. The van der Waals surface area contributed by atoms with Gasteiger partial charge >= 0.3 is 0 Å². The van der Waals surface area contributed by atoms with Crippen LogP contribution in [0.4, 0.5) is 11.4 Å². The van der Waals surface area contributed by atoms with Gasteiger partial charge in [-0.15, -0.1) is 0 Å². The Morgan fingerprint density at radius 3 is 2.60 bits per heavy atom. The number of rotatable bonds is 4. The Hall–Kier alpha value is -2.14. The SMILES string of the molecule is c1cnc(CNc2ccc(N3CCOCC3)cc2)cn1. The Morgan fingerprint density at radius 2 is 1.90 bits per heavy atom. The fourth-order valence-corrected chi connectivity index (χ4v) is 2.23. The summed E-state index contributed by atoms with van der Waals surface area (Å²) in [4.78, 5) is 10.6. The highest BCUT2D eigenvalue weighted by Crippen LogP contribution is 2.19. The van der Waals surface area contributed by atoms with Gasteiger partial charge in [-0.1, -0.05) is 0 Å². The minimum atomic E-state index is 0.685. The molecule has 3 rings (SSSR count). The van der Waals surface area contributed by atoms with Crippen LogP contribution in [0.1, 0.15) is 5.69 Å². The summed E-state index contributed by atoms with van der Waals surface area (Å²) in [5, 5.41) is 3.35. The zero-order valence-corrected chi connectivity index (χ0v) is 11.3. The second-order valence-electron chi connectivity index (χ2n) is 4.70. The maximum absolute atomic E-state index is 5.37. The molecule has 0 bridgehead atoms. The number of ether oxygens (including phenoxy) is 1. The van der Waals surface area contributed by atoms with Crippen molar-refractivity contribution in [2.75, 3.05) is 36.5 Å². The van der Waals surface area contributed by atoms with Crippen molar-refractivity contribution in [3.05, 3.63) is 48.5 Å². The molecule has 5 heteroatoms. The van der Waals surface area contributed by atoms with Gasteiger partial charge in [-0.2, -0.15) is 0 Å². The van der Waals surface area contributed by atoms with Crippen LogP contribution in [0.25, 0.3) is 0 Å². The van der Waals surface area contributed by atoms with E-state index in [0.29, 0.717) is 6.54 Å². The Labute approximate surface area is 118 Å². The molecule has 0 atom stereocenters. The van der Waals surface area contributed by atoms with Crippen LogP contribution in [-0.2, 0) is 11.3 Å². The molecule has 1 aliphatic heterocycles. The standard InChI is InChI=1S/C15H18N4O/c1-3-15(19-7-9-20-10-8-19)4-2-13(1)18-12-14-11-16-5-6-17-14/h1-6,11,18H,7-10,12H2. The summed E-state index contributed by atoms with van der Waals surface area (Å²) in [5.74, 6) is 0. The van der Waals surface area contributed by atoms with Crippen LogP contribution in [0.3, 0.4) is 0 Å². The van der Waals surface area contributed by atoms with Crippen LogP contribution < -0.4 is 10.2 Å². The van der Waals surface area contributed by atoms with Crippen molar-refractivity contribution in [1.82, 2.24) is 9.97 Å².